The molecule has 2 nitrogen and oxygen atoms in total. The van der Waals surface area contributed by atoms with Crippen LogP contribution in [0.3, 0.4) is 0 Å². The van der Waals surface area contributed by atoms with Crippen LogP contribution in [-0.2, 0) is 6.42 Å². The molecule has 1 aliphatic rings. The second kappa shape index (κ2) is 7.05. The standard InChI is InChI=1S/C15H22O2S/c1-2-18-10-4-9-17-13-8-7-12-5-3-6-15(16)14(12)11-13/h7-8,11,15-16H,2-6,9-10H2,1H3/t15-/m0/s1. The zero-order chi connectivity index (χ0) is 12.8. The lowest BCUT2D eigenvalue weighted by atomic mass is 9.89. The molecule has 0 aliphatic heterocycles. The molecule has 2 rings (SSSR count). The van der Waals surface area contributed by atoms with Gasteiger partial charge in [-0.1, -0.05) is 13.0 Å². The average Bonchev–Trinajstić information content (AvgIpc) is 2.39. The molecule has 0 unspecified atom stereocenters. The number of rotatable bonds is 6. The quantitative estimate of drug-likeness (QED) is 0.798. The predicted octanol–water partition coefficient (Wildman–Crippen LogP) is 3.58. The minimum absolute atomic E-state index is 0.298. The Labute approximate surface area is 114 Å². The molecule has 0 fully saturated rings. The topological polar surface area (TPSA) is 29.5 Å². The molecule has 0 heterocycles. The highest BCUT2D eigenvalue weighted by Gasteiger charge is 2.18. The Morgan fingerprint density at radius 1 is 1.44 bits per heavy atom. The zero-order valence-corrected chi connectivity index (χ0v) is 11.8. The molecule has 1 aliphatic carbocycles. The predicted molar refractivity (Wildman–Crippen MR) is 77.5 cm³/mol. The van der Waals surface area contributed by atoms with E-state index >= 15 is 0 Å². The Balaban J connectivity index is 1.88. The Kier molecular flexibility index (Phi) is 5.39. The summed E-state index contributed by atoms with van der Waals surface area (Å²) in [5.74, 6) is 3.23. The van der Waals surface area contributed by atoms with Crippen molar-refractivity contribution in [2.75, 3.05) is 18.1 Å². The number of aliphatic hydroxyl groups excluding tert-OH is 1. The van der Waals surface area contributed by atoms with Crippen LogP contribution >= 0.6 is 11.8 Å². The number of hydrogen-bond donors (Lipinski definition) is 1. The summed E-state index contributed by atoms with van der Waals surface area (Å²) in [5, 5.41) is 9.97. The van der Waals surface area contributed by atoms with Crippen molar-refractivity contribution < 1.29 is 9.84 Å². The van der Waals surface area contributed by atoms with Gasteiger partial charge in [0.25, 0.3) is 0 Å². The number of aryl methyl sites for hydroxylation is 1. The van der Waals surface area contributed by atoms with Gasteiger partial charge in [0.2, 0.25) is 0 Å². The maximum Gasteiger partial charge on any atom is 0.119 e. The Morgan fingerprint density at radius 3 is 3.17 bits per heavy atom. The van der Waals surface area contributed by atoms with Gasteiger partial charge in [0.05, 0.1) is 12.7 Å². The van der Waals surface area contributed by atoms with E-state index in [-0.39, 0.29) is 6.10 Å². The third kappa shape index (κ3) is 3.66. The number of ether oxygens (including phenoxy) is 1. The molecule has 0 spiro atoms. The average molecular weight is 266 g/mol. The number of fused-ring (bicyclic) bond motifs is 1. The first-order chi connectivity index (χ1) is 8.81. The van der Waals surface area contributed by atoms with Crippen LogP contribution in [-0.4, -0.2) is 23.2 Å². The number of hydrogen-bond acceptors (Lipinski definition) is 3. The molecule has 0 aromatic heterocycles. The molecule has 1 N–H and O–H groups in total. The van der Waals surface area contributed by atoms with Crippen LogP contribution in [0.1, 0.15) is 43.4 Å². The van der Waals surface area contributed by atoms with Gasteiger partial charge in [0, 0.05) is 0 Å². The third-order valence-corrected chi connectivity index (χ3v) is 4.29. The lowest BCUT2D eigenvalue weighted by Crippen LogP contribution is -2.09. The number of thioether (sulfide) groups is 1. The Bertz CT molecular complexity index is 379. The van der Waals surface area contributed by atoms with E-state index in [1.54, 1.807) is 0 Å². The summed E-state index contributed by atoms with van der Waals surface area (Å²) in [4.78, 5) is 0. The summed E-state index contributed by atoms with van der Waals surface area (Å²) in [6, 6.07) is 6.16. The first-order valence-corrected chi connectivity index (χ1v) is 7.98. The molecule has 1 aromatic carbocycles. The maximum atomic E-state index is 9.97. The molecule has 0 saturated heterocycles. The van der Waals surface area contributed by atoms with Gasteiger partial charge in [-0.25, -0.2) is 0 Å². The van der Waals surface area contributed by atoms with Gasteiger partial charge < -0.3 is 9.84 Å². The molecule has 0 bridgehead atoms. The van der Waals surface area contributed by atoms with Crippen LogP contribution in [0.4, 0.5) is 0 Å². The lowest BCUT2D eigenvalue weighted by Gasteiger charge is -2.22. The first kappa shape index (κ1) is 13.8. The highest BCUT2D eigenvalue weighted by Crippen LogP contribution is 2.32. The van der Waals surface area contributed by atoms with Crippen molar-refractivity contribution in [3.8, 4) is 5.75 Å². The Hall–Kier alpha value is -0.670. The molecule has 18 heavy (non-hydrogen) atoms. The second-order valence-corrected chi connectivity index (χ2v) is 6.06. The normalized spacial score (nSPS) is 18.4. The van der Waals surface area contributed by atoms with E-state index in [0.29, 0.717) is 0 Å². The van der Waals surface area contributed by atoms with Crippen LogP contribution in [0.15, 0.2) is 18.2 Å². The molecule has 0 saturated carbocycles. The Morgan fingerprint density at radius 2 is 2.33 bits per heavy atom. The van der Waals surface area contributed by atoms with Crippen molar-refractivity contribution >= 4 is 11.8 Å². The van der Waals surface area contributed by atoms with Gasteiger partial charge in [-0.15, -0.1) is 0 Å². The molecule has 1 aromatic rings. The van der Waals surface area contributed by atoms with Crippen molar-refractivity contribution in [3.05, 3.63) is 29.3 Å². The van der Waals surface area contributed by atoms with Crippen LogP contribution in [0.5, 0.6) is 5.75 Å². The summed E-state index contributed by atoms with van der Waals surface area (Å²) in [5.41, 5.74) is 2.35. The summed E-state index contributed by atoms with van der Waals surface area (Å²) >= 11 is 1.95. The van der Waals surface area contributed by atoms with Gasteiger partial charge >= 0.3 is 0 Å². The number of aliphatic hydroxyl groups is 1. The molecule has 0 radical (unpaired) electrons. The van der Waals surface area contributed by atoms with E-state index < -0.39 is 0 Å². The van der Waals surface area contributed by atoms with Crippen LogP contribution in [0.2, 0.25) is 0 Å². The molecule has 1 atom stereocenters. The summed E-state index contributed by atoms with van der Waals surface area (Å²) in [6.07, 6.45) is 3.83. The van der Waals surface area contributed by atoms with Crippen molar-refractivity contribution in [2.45, 2.75) is 38.7 Å². The van der Waals surface area contributed by atoms with Gasteiger partial charge in [0.15, 0.2) is 0 Å². The smallest absolute Gasteiger partial charge is 0.119 e. The first-order valence-electron chi connectivity index (χ1n) is 6.82. The van der Waals surface area contributed by atoms with E-state index in [1.165, 1.54) is 11.3 Å². The SMILES string of the molecule is CCSCCCOc1ccc2c(c1)[C@@H](O)CCC2. The second-order valence-electron chi connectivity index (χ2n) is 4.67. The lowest BCUT2D eigenvalue weighted by molar-refractivity contribution is 0.156. The highest BCUT2D eigenvalue weighted by atomic mass is 32.2. The van der Waals surface area contributed by atoms with Crippen molar-refractivity contribution in [2.24, 2.45) is 0 Å². The van der Waals surface area contributed by atoms with Crippen LogP contribution in [0.25, 0.3) is 0 Å². The van der Waals surface area contributed by atoms with E-state index in [0.717, 1.165) is 49.4 Å². The van der Waals surface area contributed by atoms with Gasteiger partial charge in [-0.3, -0.25) is 0 Å². The van der Waals surface area contributed by atoms with Gasteiger partial charge in [-0.05, 0) is 60.4 Å². The summed E-state index contributed by atoms with van der Waals surface area (Å²) in [6.45, 7) is 2.94. The number of benzene rings is 1. The van der Waals surface area contributed by atoms with E-state index in [1.807, 2.05) is 23.9 Å². The third-order valence-electron chi connectivity index (χ3n) is 3.31. The van der Waals surface area contributed by atoms with E-state index in [4.69, 9.17) is 4.74 Å². The molecule has 0 amide bonds. The van der Waals surface area contributed by atoms with Crippen molar-refractivity contribution in [1.29, 1.82) is 0 Å². The van der Waals surface area contributed by atoms with Crippen LogP contribution in [0, 0.1) is 0 Å². The highest BCUT2D eigenvalue weighted by molar-refractivity contribution is 7.99. The minimum atomic E-state index is -0.298. The summed E-state index contributed by atoms with van der Waals surface area (Å²) < 4.78 is 5.74. The van der Waals surface area contributed by atoms with Crippen molar-refractivity contribution in [3.63, 3.8) is 0 Å². The van der Waals surface area contributed by atoms with Gasteiger partial charge in [0.1, 0.15) is 5.75 Å². The van der Waals surface area contributed by atoms with Crippen molar-refractivity contribution in [1.82, 2.24) is 0 Å². The molecule has 3 heteroatoms. The summed E-state index contributed by atoms with van der Waals surface area (Å²) in [7, 11) is 0. The maximum absolute atomic E-state index is 9.97. The minimum Gasteiger partial charge on any atom is -0.494 e. The van der Waals surface area contributed by atoms with E-state index in [2.05, 4.69) is 13.0 Å². The molecular formula is C15H22O2S. The zero-order valence-electron chi connectivity index (χ0n) is 11.0. The fraction of sp³-hybridized carbons (Fsp3) is 0.600. The van der Waals surface area contributed by atoms with Crippen LogP contribution < -0.4 is 4.74 Å². The van der Waals surface area contributed by atoms with E-state index in [9.17, 15) is 5.11 Å². The molecular weight excluding hydrogens is 244 g/mol. The molecule has 100 valence electrons. The fourth-order valence-electron chi connectivity index (χ4n) is 2.34. The van der Waals surface area contributed by atoms with Gasteiger partial charge in [-0.2, -0.15) is 11.8 Å². The fourth-order valence-corrected chi connectivity index (χ4v) is 2.95. The largest absolute Gasteiger partial charge is 0.494 e. The monoisotopic (exact) mass is 266 g/mol.